The van der Waals surface area contributed by atoms with Crippen LogP contribution in [0.5, 0.6) is 5.75 Å². The highest BCUT2D eigenvalue weighted by atomic mass is 79.9. The van der Waals surface area contributed by atoms with E-state index in [0.29, 0.717) is 18.6 Å². The summed E-state index contributed by atoms with van der Waals surface area (Å²) in [6.45, 7) is 1.97. The van der Waals surface area contributed by atoms with Gasteiger partial charge in [-0.1, -0.05) is 6.07 Å². The molecule has 80 valence electrons. The first-order valence-electron chi connectivity index (χ1n) is 4.72. The van der Waals surface area contributed by atoms with Crippen molar-refractivity contribution in [3.05, 3.63) is 28.2 Å². The van der Waals surface area contributed by atoms with E-state index in [1.54, 1.807) is 6.07 Å². The second-order valence-corrected chi connectivity index (χ2v) is 4.69. The van der Waals surface area contributed by atoms with Crippen molar-refractivity contribution in [3.63, 3.8) is 0 Å². The summed E-state index contributed by atoms with van der Waals surface area (Å²) < 4.78 is 6.31. The molecule has 0 aromatic heterocycles. The highest BCUT2D eigenvalue weighted by molar-refractivity contribution is 9.10. The van der Waals surface area contributed by atoms with Crippen molar-refractivity contribution in [1.82, 2.24) is 0 Å². The Morgan fingerprint density at radius 2 is 2.20 bits per heavy atom. The van der Waals surface area contributed by atoms with Gasteiger partial charge in [0.25, 0.3) is 0 Å². The third-order valence-corrected chi connectivity index (χ3v) is 3.11. The van der Waals surface area contributed by atoms with Crippen molar-refractivity contribution < 1.29 is 14.6 Å². The second-order valence-electron chi connectivity index (χ2n) is 3.84. The molecule has 1 aliphatic rings. The molecule has 0 bridgehead atoms. The van der Waals surface area contributed by atoms with Crippen molar-refractivity contribution >= 4 is 21.9 Å². The number of carboxylic acids is 1. The lowest BCUT2D eigenvalue weighted by molar-refractivity contribution is -0.147. The van der Waals surface area contributed by atoms with Crippen LogP contribution in [0.4, 0.5) is 0 Å². The molecular weight excluding hydrogens is 260 g/mol. The molecule has 0 saturated heterocycles. The van der Waals surface area contributed by atoms with E-state index in [-0.39, 0.29) is 0 Å². The number of benzene rings is 1. The van der Waals surface area contributed by atoms with E-state index >= 15 is 0 Å². The molecule has 1 fully saturated rings. The van der Waals surface area contributed by atoms with Crippen molar-refractivity contribution in [2.75, 3.05) is 0 Å². The Hall–Kier alpha value is -1.03. The lowest BCUT2D eigenvalue weighted by atomic mass is 10.2. The first-order valence-corrected chi connectivity index (χ1v) is 5.51. The summed E-state index contributed by atoms with van der Waals surface area (Å²) in [4.78, 5) is 10.9. The van der Waals surface area contributed by atoms with E-state index in [0.717, 1.165) is 10.0 Å². The topological polar surface area (TPSA) is 46.5 Å². The molecule has 0 unspecified atom stereocenters. The van der Waals surface area contributed by atoms with Crippen LogP contribution in [0.1, 0.15) is 18.4 Å². The number of rotatable bonds is 3. The van der Waals surface area contributed by atoms with Crippen LogP contribution in [-0.2, 0) is 4.79 Å². The van der Waals surface area contributed by atoms with Gasteiger partial charge in [-0.2, -0.15) is 0 Å². The van der Waals surface area contributed by atoms with Crippen LogP contribution in [0.15, 0.2) is 22.7 Å². The van der Waals surface area contributed by atoms with Crippen molar-refractivity contribution in [2.24, 2.45) is 0 Å². The largest absolute Gasteiger partial charge is 0.478 e. The lowest BCUT2D eigenvalue weighted by Gasteiger charge is -2.14. The average Bonchev–Trinajstić information content (AvgIpc) is 2.91. The second kappa shape index (κ2) is 3.52. The van der Waals surface area contributed by atoms with Gasteiger partial charge in [0, 0.05) is 12.8 Å². The van der Waals surface area contributed by atoms with Crippen molar-refractivity contribution in [2.45, 2.75) is 25.4 Å². The third-order valence-electron chi connectivity index (χ3n) is 2.49. The van der Waals surface area contributed by atoms with Crippen LogP contribution >= 0.6 is 15.9 Å². The van der Waals surface area contributed by atoms with Gasteiger partial charge in [0.1, 0.15) is 5.75 Å². The zero-order chi connectivity index (χ0) is 11.1. The van der Waals surface area contributed by atoms with Crippen LogP contribution in [0.3, 0.4) is 0 Å². The van der Waals surface area contributed by atoms with Gasteiger partial charge in [0.05, 0.1) is 4.47 Å². The van der Waals surface area contributed by atoms with Gasteiger partial charge in [-0.25, -0.2) is 4.79 Å². The molecule has 0 heterocycles. The molecule has 2 rings (SSSR count). The minimum absolute atomic E-state index is 0.586. The monoisotopic (exact) mass is 270 g/mol. The minimum atomic E-state index is -0.974. The first-order chi connectivity index (χ1) is 7.03. The summed E-state index contributed by atoms with van der Waals surface area (Å²) in [5.74, 6) is -0.282. The molecule has 0 amide bonds. The van der Waals surface area contributed by atoms with Gasteiger partial charge < -0.3 is 9.84 Å². The Labute approximate surface area is 96.2 Å². The molecule has 0 atom stereocenters. The fourth-order valence-corrected chi connectivity index (χ4v) is 1.95. The Kier molecular flexibility index (Phi) is 2.46. The molecule has 0 radical (unpaired) electrons. The molecular formula is C11H11BrO3. The van der Waals surface area contributed by atoms with Crippen molar-refractivity contribution in [3.8, 4) is 5.75 Å². The fraction of sp³-hybridized carbons (Fsp3) is 0.364. The van der Waals surface area contributed by atoms with Gasteiger partial charge in [0.15, 0.2) is 0 Å². The number of carbonyl (C=O) groups is 1. The third kappa shape index (κ3) is 2.00. The molecule has 4 heteroatoms. The van der Waals surface area contributed by atoms with E-state index in [1.165, 1.54) is 0 Å². The Morgan fingerprint density at radius 3 is 2.67 bits per heavy atom. The summed E-state index contributed by atoms with van der Waals surface area (Å²) in [6.07, 6.45) is 1.17. The van der Waals surface area contributed by atoms with Crippen LogP contribution < -0.4 is 4.74 Å². The number of halogens is 1. The van der Waals surface area contributed by atoms with E-state index in [9.17, 15) is 4.79 Å². The van der Waals surface area contributed by atoms with E-state index in [4.69, 9.17) is 9.84 Å². The maximum atomic E-state index is 10.9. The number of hydrogen-bond donors (Lipinski definition) is 1. The molecule has 1 saturated carbocycles. The molecule has 1 N–H and O–H groups in total. The average molecular weight is 271 g/mol. The highest BCUT2D eigenvalue weighted by Gasteiger charge is 2.53. The summed E-state index contributed by atoms with van der Waals surface area (Å²) in [5, 5.41) is 8.97. The number of carboxylic acid groups (broad SMARTS) is 1. The van der Waals surface area contributed by atoms with Crippen LogP contribution in [0.25, 0.3) is 0 Å². The molecule has 15 heavy (non-hydrogen) atoms. The summed E-state index contributed by atoms with van der Waals surface area (Å²) in [7, 11) is 0. The van der Waals surface area contributed by atoms with Crippen LogP contribution in [0.2, 0.25) is 0 Å². The van der Waals surface area contributed by atoms with Gasteiger partial charge in [0.2, 0.25) is 5.60 Å². The number of hydrogen-bond acceptors (Lipinski definition) is 2. The van der Waals surface area contributed by atoms with Crippen LogP contribution in [0, 0.1) is 6.92 Å². The summed E-state index contributed by atoms with van der Waals surface area (Å²) >= 11 is 3.36. The quantitative estimate of drug-likeness (QED) is 0.919. The standard InChI is InChI=1S/C11H11BrO3/c1-7-2-3-9(8(12)6-7)15-11(4-5-11)10(13)14/h2-3,6H,4-5H2,1H3,(H,13,14). The zero-order valence-electron chi connectivity index (χ0n) is 8.29. The Balaban J connectivity index is 2.21. The maximum absolute atomic E-state index is 10.9. The fourth-order valence-electron chi connectivity index (χ4n) is 1.37. The predicted molar refractivity (Wildman–Crippen MR) is 59.1 cm³/mol. The normalized spacial score (nSPS) is 17.2. The van der Waals surface area contributed by atoms with Crippen molar-refractivity contribution in [1.29, 1.82) is 0 Å². The van der Waals surface area contributed by atoms with Crippen LogP contribution in [-0.4, -0.2) is 16.7 Å². The molecule has 1 aromatic rings. The van der Waals surface area contributed by atoms with Gasteiger partial charge in [-0.15, -0.1) is 0 Å². The molecule has 1 aliphatic carbocycles. The Morgan fingerprint density at radius 1 is 1.53 bits per heavy atom. The van der Waals surface area contributed by atoms with E-state index in [1.807, 2.05) is 19.1 Å². The van der Waals surface area contributed by atoms with Gasteiger partial charge in [-0.3, -0.25) is 0 Å². The zero-order valence-corrected chi connectivity index (χ0v) is 9.87. The molecule has 1 aromatic carbocycles. The maximum Gasteiger partial charge on any atom is 0.348 e. The number of aliphatic carboxylic acids is 1. The lowest BCUT2D eigenvalue weighted by Crippen LogP contribution is -2.29. The summed E-state index contributed by atoms with van der Waals surface area (Å²) in [6, 6.07) is 5.60. The van der Waals surface area contributed by atoms with E-state index in [2.05, 4.69) is 15.9 Å². The Bertz CT molecular complexity index is 410. The predicted octanol–water partition coefficient (Wildman–Crippen LogP) is 2.75. The summed E-state index contributed by atoms with van der Waals surface area (Å²) in [5.41, 5.74) is 0.131. The van der Waals surface area contributed by atoms with E-state index < -0.39 is 11.6 Å². The first kappa shape index (κ1) is 10.5. The number of aryl methyl sites for hydroxylation is 1. The van der Waals surface area contributed by atoms with Gasteiger partial charge in [-0.05, 0) is 40.5 Å². The smallest absolute Gasteiger partial charge is 0.348 e. The minimum Gasteiger partial charge on any atom is -0.478 e. The highest BCUT2D eigenvalue weighted by Crippen LogP contribution is 2.42. The molecule has 0 aliphatic heterocycles. The van der Waals surface area contributed by atoms with Gasteiger partial charge >= 0.3 is 5.97 Å². The SMILES string of the molecule is Cc1ccc(OC2(C(=O)O)CC2)c(Br)c1. The number of ether oxygens (including phenoxy) is 1. The molecule has 3 nitrogen and oxygen atoms in total. The molecule has 0 spiro atoms.